The van der Waals surface area contributed by atoms with Gasteiger partial charge in [0, 0.05) is 39.2 Å². The van der Waals surface area contributed by atoms with Gasteiger partial charge in [-0.05, 0) is 44.1 Å². The van der Waals surface area contributed by atoms with Gasteiger partial charge in [0.25, 0.3) is 0 Å². The summed E-state index contributed by atoms with van der Waals surface area (Å²) in [6.07, 6.45) is 5.10. The van der Waals surface area contributed by atoms with Crippen LogP contribution in [0.2, 0.25) is 0 Å². The molecule has 1 fully saturated rings. The minimum atomic E-state index is -0.0175. The highest BCUT2D eigenvalue weighted by atomic mass is 16.3. The third kappa shape index (κ3) is 3.59. The van der Waals surface area contributed by atoms with Gasteiger partial charge in [-0.3, -0.25) is 10.2 Å². The normalized spacial score (nSPS) is 15.3. The summed E-state index contributed by atoms with van der Waals surface area (Å²) in [6, 6.07) is 13.5. The van der Waals surface area contributed by atoms with E-state index in [-0.39, 0.29) is 17.5 Å². The third-order valence-electron chi connectivity index (χ3n) is 5.10. The highest BCUT2D eigenvalue weighted by Crippen LogP contribution is 2.32. The summed E-state index contributed by atoms with van der Waals surface area (Å²) in [5.41, 5.74) is 9.94. The summed E-state index contributed by atoms with van der Waals surface area (Å²) in [4.78, 5) is 12.1. The SMILES string of the molecule is C=C/C(=C\C(C(=N)c1cccc2c1oc1ccccc12)=C(/C)N)NC(=O)C1CC1. The lowest BCUT2D eigenvalue weighted by Crippen LogP contribution is -2.24. The Kier molecular flexibility index (Phi) is 4.80. The minimum Gasteiger partial charge on any atom is -0.455 e. The molecule has 0 radical (unpaired) electrons. The minimum absolute atomic E-state index is 0.0175. The number of para-hydroxylation sites is 2. The Labute approximate surface area is 169 Å². The van der Waals surface area contributed by atoms with Crippen LogP contribution in [0.15, 0.2) is 82.6 Å². The molecule has 5 nitrogen and oxygen atoms in total. The van der Waals surface area contributed by atoms with E-state index >= 15 is 0 Å². The molecule has 29 heavy (non-hydrogen) atoms. The van der Waals surface area contributed by atoms with Crippen LogP contribution in [0.5, 0.6) is 0 Å². The fourth-order valence-corrected chi connectivity index (χ4v) is 3.36. The number of rotatable bonds is 6. The number of allylic oxidation sites excluding steroid dienone is 4. The van der Waals surface area contributed by atoms with E-state index in [1.54, 1.807) is 19.1 Å². The van der Waals surface area contributed by atoms with Gasteiger partial charge in [0.15, 0.2) is 0 Å². The number of nitrogens with two attached hydrogens (primary N) is 1. The van der Waals surface area contributed by atoms with Gasteiger partial charge < -0.3 is 15.5 Å². The largest absolute Gasteiger partial charge is 0.455 e. The highest BCUT2D eigenvalue weighted by Gasteiger charge is 2.29. The van der Waals surface area contributed by atoms with Gasteiger partial charge in [-0.2, -0.15) is 0 Å². The van der Waals surface area contributed by atoms with Crippen molar-refractivity contribution in [2.24, 2.45) is 11.7 Å². The summed E-state index contributed by atoms with van der Waals surface area (Å²) in [7, 11) is 0. The molecule has 0 unspecified atom stereocenters. The first-order valence-corrected chi connectivity index (χ1v) is 9.60. The van der Waals surface area contributed by atoms with E-state index in [2.05, 4.69) is 11.9 Å². The fourth-order valence-electron chi connectivity index (χ4n) is 3.36. The molecule has 0 spiro atoms. The standard InChI is InChI=1S/C24H23N3O2/c1-3-16(27-24(28)15-11-12-15)13-20(14(2)25)22(26)19-9-6-8-18-17-7-4-5-10-21(17)29-23(18)19/h3-10,13,15,26H,1,11-12,25H2,2H3,(H,27,28)/b16-13+,20-14-,26-22?. The van der Waals surface area contributed by atoms with Crippen LogP contribution in [0.1, 0.15) is 25.3 Å². The van der Waals surface area contributed by atoms with Gasteiger partial charge in [-0.15, -0.1) is 0 Å². The second kappa shape index (κ2) is 7.43. The molecule has 1 aliphatic carbocycles. The molecule has 146 valence electrons. The number of furan rings is 1. The Morgan fingerprint density at radius 2 is 1.93 bits per heavy atom. The first-order valence-electron chi connectivity index (χ1n) is 9.60. The predicted octanol–water partition coefficient (Wildman–Crippen LogP) is 4.78. The quantitative estimate of drug-likeness (QED) is 0.421. The number of carbonyl (C=O) groups is 1. The molecule has 4 rings (SSSR count). The lowest BCUT2D eigenvalue weighted by atomic mass is 9.98. The number of carbonyl (C=O) groups excluding carboxylic acids is 1. The molecule has 1 heterocycles. The summed E-state index contributed by atoms with van der Waals surface area (Å²) < 4.78 is 6.06. The second-order valence-corrected chi connectivity index (χ2v) is 7.32. The highest BCUT2D eigenvalue weighted by molar-refractivity contribution is 6.21. The molecular weight excluding hydrogens is 362 g/mol. The number of hydrogen-bond donors (Lipinski definition) is 3. The van der Waals surface area contributed by atoms with Crippen LogP contribution in [0, 0.1) is 11.3 Å². The van der Waals surface area contributed by atoms with E-state index in [1.807, 2.05) is 42.5 Å². The van der Waals surface area contributed by atoms with Crippen LogP contribution in [-0.2, 0) is 4.79 Å². The van der Waals surface area contributed by atoms with Crippen molar-refractivity contribution in [2.45, 2.75) is 19.8 Å². The van der Waals surface area contributed by atoms with Gasteiger partial charge in [0.2, 0.25) is 5.91 Å². The van der Waals surface area contributed by atoms with Crippen molar-refractivity contribution >= 4 is 33.6 Å². The number of hydrogen-bond acceptors (Lipinski definition) is 4. The molecule has 4 N–H and O–H groups in total. The number of nitrogens with one attached hydrogen (secondary N) is 2. The molecule has 1 aliphatic rings. The molecule has 5 heteroatoms. The lowest BCUT2D eigenvalue weighted by molar-refractivity contribution is -0.121. The summed E-state index contributed by atoms with van der Waals surface area (Å²) in [5, 5.41) is 13.7. The van der Waals surface area contributed by atoms with Crippen LogP contribution >= 0.6 is 0 Å². The summed E-state index contributed by atoms with van der Waals surface area (Å²) >= 11 is 0. The van der Waals surface area contributed by atoms with E-state index in [0.29, 0.717) is 28.1 Å². The number of benzene rings is 2. The number of fused-ring (bicyclic) bond motifs is 3. The van der Waals surface area contributed by atoms with Crippen molar-refractivity contribution in [3.63, 3.8) is 0 Å². The van der Waals surface area contributed by atoms with Crippen molar-refractivity contribution in [3.05, 3.63) is 83.7 Å². The maximum absolute atomic E-state index is 12.1. The van der Waals surface area contributed by atoms with E-state index in [9.17, 15) is 4.79 Å². The van der Waals surface area contributed by atoms with Crippen LogP contribution in [0.25, 0.3) is 21.9 Å². The topological polar surface area (TPSA) is 92.1 Å². The Morgan fingerprint density at radius 1 is 1.21 bits per heavy atom. The van der Waals surface area contributed by atoms with Gasteiger partial charge in [0.05, 0.1) is 5.71 Å². The Hall–Kier alpha value is -3.60. The van der Waals surface area contributed by atoms with Gasteiger partial charge in [-0.25, -0.2) is 0 Å². The third-order valence-corrected chi connectivity index (χ3v) is 5.10. The lowest BCUT2D eigenvalue weighted by Gasteiger charge is -2.11. The monoisotopic (exact) mass is 385 g/mol. The molecule has 1 aromatic heterocycles. The van der Waals surface area contributed by atoms with Gasteiger partial charge in [0.1, 0.15) is 11.2 Å². The molecule has 1 saturated carbocycles. The van der Waals surface area contributed by atoms with Gasteiger partial charge in [-0.1, -0.05) is 36.9 Å². The number of amides is 1. The first-order chi connectivity index (χ1) is 14.0. The van der Waals surface area contributed by atoms with E-state index in [0.717, 1.165) is 29.2 Å². The van der Waals surface area contributed by atoms with Crippen LogP contribution < -0.4 is 11.1 Å². The molecule has 0 bridgehead atoms. The average Bonchev–Trinajstić information content (AvgIpc) is 3.50. The van der Waals surface area contributed by atoms with Crippen molar-refractivity contribution < 1.29 is 9.21 Å². The van der Waals surface area contributed by atoms with E-state index in [1.165, 1.54) is 0 Å². The smallest absolute Gasteiger partial charge is 0.227 e. The second-order valence-electron chi connectivity index (χ2n) is 7.32. The summed E-state index contributed by atoms with van der Waals surface area (Å²) in [6.45, 7) is 5.52. The zero-order chi connectivity index (χ0) is 20.5. The Morgan fingerprint density at radius 3 is 2.62 bits per heavy atom. The van der Waals surface area contributed by atoms with Gasteiger partial charge >= 0.3 is 0 Å². The zero-order valence-corrected chi connectivity index (χ0v) is 16.3. The van der Waals surface area contributed by atoms with Crippen LogP contribution in [0.4, 0.5) is 0 Å². The summed E-state index contributed by atoms with van der Waals surface area (Å²) in [5.74, 6) is 0.0598. The molecule has 0 aliphatic heterocycles. The van der Waals surface area contributed by atoms with E-state index < -0.39 is 0 Å². The average molecular weight is 385 g/mol. The molecule has 1 amide bonds. The maximum atomic E-state index is 12.1. The van der Waals surface area contributed by atoms with Crippen LogP contribution in [0.3, 0.4) is 0 Å². The first kappa shape index (κ1) is 18.7. The molecule has 0 saturated heterocycles. The Balaban J connectivity index is 1.76. The van der Waals surface area contributed by atoms with Crippen molar-refractivity contribution in [1.29, 1.82) is 5.41 Å². The molecule has 0 atom stereocenters. The maximum Gasteiger partial charge on any atom is 0.227 e. The Bertz CT molecular complexity index is 1210. The fraction of sp³-hybridized carbons (Fsp3) is 0.167. The van der Waals surface area contributed by atoms with Crippen molar-refractivity contribution in [3.8, 4) is 0 Å². The molecule has 2 aromatic carbocycles. The molecular formula is C24H23N3O2. The zero-order valence-electron chi connectivity index (χ0n) is 16.3. The predicted molar refractivity (Wildman–Crippen MR) is 117 cm³/mol. The van der Waals surface area contributed by atoms with Crippen LogP contribution in [-0.4, -0.2) is 11.6 Å². The van der Waals surface area contributed by atoms with E-state index in [4.69, 9.17) is 15.6 Å². The van der Waals surface area contributed by atoms with Crippen molar-refractivity contribution in [1.82, 2.24) is 5.32 Å². The molecule has 3 aromatic rings. The van der Waals surface area contributed by atoms with Crippen molar-refractivity contribution in [2.75, 3.05) is 0 Å².